The Morgan fingerprint density at radius 3 is 1.60 bits per heavy atom. The number of rotatable bonds is 17. The van der Waals surface area contributed by atoms with Crippen LogP contribution in [0.3, 0.4) is 0 Å². The Morgan fingerprint density at radius 1 is 0.567 bits per heavy atom. The lowest BCUT2D eigenvalue weighted by molar-refractivity contribution is 0.478. The predicted molar refractivity (Wildman–Crippen MR) is 129 cm³/mol. The maximum Gasteiger partial charge on any atom is 0.264 e. The van der Waals surface area contributed by atoms with Gasteiger partial charge in [0.1, 0.15) is 0 Å². The van der Waals surface area contributed by atoms with Crippen LogP contribution < -0.4 is 0 Å². The maximum absolute atomic E-state index is 10.6. The van der Waals surface area contributed by atoms with E-state index in [2.05, 4.69) is 42.5 Å². The van der Waals surface area contributed by atoms with E-state index in [0.29, 0.717) is 6.42 Å². The lowest BCUT2D eigenvalue weighted by Crippen LogP contribution is -2.03. The van der Waals surface area contributed by atoms with Crippen LogP contribution in [0.4, 0.5) is 0 Å². The van der Waals surface area contributed by atoms with Gasteiger partial charge in [-0.05, 0) is 35.6 Å². The van der Waals surface area contributed by atoms with Crippen molar-refractivity contribution in [3.8, 4) is 0 Å². The lowest BCUT2D eigenvalue weighted by Gasteiger charge is -2.07. The van der Waals surface area contributed by atoms with Crippen LogP contribution in [0.5, 0.6) is 0 Å². The molecule has 0 aromatic heterocycles. The van der Waals surface area contributed by atoms with Gasteiger partial charge in [0.15, 0.2) is 0 Å². The predicted octanol–water partition coefficient (Wildman–Crippen LogP) is 7.73. The van der Waals surface area contributed by atoms with E-state index < -0.39 is 10.1 Å². The lowest BCUT2D eigenvalue weighted by atomic mass is 9.99. The molecule has 2 aromatic rings. The quantitative estimate of drug-likeness (QED) is 0.205. The fourth-order valence-corrected chi connectivity index (χ4v) is 4.80. The topological polar surface area (TPSA) is 54.4 Å². The summed E-state index contributed by atoms with van der Waals surface area (Å²) in [6.07, 6.45) is 18.2. The minimum atomic E-state index is -3.76. The first-order valence-electron chi connectivity index (χ1n) is 12.0. The summed E-state index contributed by atoms with van der Waals surface area (Å²) in [4.78, 5) is 0. The van der Waals surface area contributed by atoms with Crippen molar-refractivity contribution in [3.05, 3.63) is 48.0 Å². The first-order valence-corrected chi connectivity index (χ1v) is 13.6. The van der Waals surface area contributed by atoms with Crippen molar-refractivity contribution in [2.24, 2.45) is 0 Å². The summed E-state index contributed by atoms with van der Waals surface area (Å²) in [5, 5.41) is 2.77. The fraction of sp³-hybridized carbons (Fsp3) is 0.615. The van der Waals surface area contributed by atoms with Crippen molar-refractivity contribution >= 4 is 20.9 Å². The summed E-state index contributed by atoms with van der Waals surface area (Å²) < 4.78 is 29.9. The van der Waals surface area contributed by atoms with Gasteiger partial charge >= 0.3 is 0 Å². The van der Waals surface area contributed by atoms with Gasteiger partial charge in [-0.15, -0.1) is 0 Å². The molecule has 0 spiro atoms. The molecule has 0 heterocycles. The molecule has 0 saturated carbocycles. The fourth-order valence-electron chi connectivity index (χ4n) is 4.23. The average molecular weight is 433 g/mol. The Hall–Kier alpha value is -1.39. The van der Waals surface area contributed by atoms with E-state index >= 15 is 0 Å². The molecule has 0 atom stereocenters. The smallest absolute Gasteiger partial charge is 0.264 e. The Kier molecular flexibility index (Phi) is 12.1. The zero-order valence-electron chi connectivity index (χ0n) is 18.5. The van der Waals surface area contributed by atoms with Crippen molar-refractivity contribution in [2.45, 2.75) is 96.3 Å². The number of aryl methyl sites for hydroxylation is 1. The third kappa shape index (κ3) is 11.1. The van der Waals surface area contributed by atoms with E-state index in [0.717, 1.165) is 12.8 Å². The standard InChI is InChI=1S/C26H40O3S/c27-30(28,29)23-16-12-10-8-6-4-2-1-3-5-7-9-11-13-18-24-20-17-21-25-19-14-15-22-26(24)25/h14-15,17,19-22H,1-13,16,18,23H2,(H,27,28,29). The molecule has 0 aliphatic rings. The van der Waals surface area contributed by atoms with Gasteiger partial charge in [0.25, 0.3) is 10.1 Å². The van der Waals surface area contributed by atoms with Gasteiger partial charge in [0.2, 0.25) is 0 Å². The molecule has 1 N–H and O–H groups in total. The Morgan fingerprint density at radius 2 is 1.03 bits per heavy atom. The van der Waals surface area contributed by atoms with Crippen LogP contribution in [0.25, 0.3) is 10.8 Å². The van der Waals surface area contributed by atoms with Crippen molar-refractivity contribution in [1.82, 2.24) is 0 Å². The summed E-state index contributed by atoms with van der Waals surface area (Å²) in [5.74, 6) is -0.0871. The van der Waals surface area contributed by atoms with Gasteiger partial charge in [-0.25, -0.2) is 0 Å². The zero-order valence-corrected chi connectivity index (χ0v) is 19.3. The Bertz CT molecular complexity index is 809. The highest BCUT2D eigenvalue weighted by atomic mass is 32.2. The van der Waals surface area contributed by atoms with Crippen LogP contribution in [-0.4, -0.2) is 18.7 Å². The highest BCUT2D eigenvalue weighted by Crippen LogP contribution is 2.21. The van der Waals surface area contributed by atoms with Gasteiger partial charge in [-0.2, -0.15) is 8.42 Å². The van der Waals surface area contributed by atoms with E-state index in [4.69, 9.17) is 4.55 Å². The van der Waals surface area contributed by atoms with Crippen molar-refractivity contribution in [3.63, 3.8) is 0 Å². The van der Waals surface area contributed by atoms with Gasteiger partial charge in [-0.3, -0.25) is 4.55 Å². The largest absolute Gasteiger partial charge is 0.286 e. The molecular weight excluding hydrogens is 392 g/mol. The van der Waals surface area contributed by atoms with E-state index in [9.17, 15) is 8.42 Å². The first kappa shape index (κ1) is 24.9. The van der Waals surface area contributed by atoms with Gasteiger partial charge in [0, 0.05) is 0 Å². The molecule has 0 aliphatic carbocycles. The number of hydrogen-bond acceptors (Lipinski definition) is 2. The average Bonchev–Trinajstić information content (AvgIpc) is 2.72. The van der Waals surface area contributed by atoms with Gasteiger partial charge < -0.3 is 0 Å². The summed E-state index contributed by atoms with van der Waals surface area (Å²) in [6, 6.07) is 15.4. The number of benzene rings is 2. The molecule has 0 aliphatic heterocycles. The van der Waals surface area contributed by atoms with Crippen LogP contribution >= 0.6 is 0 Å². The van der Waals surface area contributed by atoms with E-state index in [1.807, 2.05) is 0 Å². The minimum absolute atomic E-state index is 0.0871. The highest BCUT2D eigenvalue weighted by molar-refractivity contribution is 7.85. The Balaban J connectivity index is 1.36. The van der Waals surface area contributed by atoms with Crippen LogP contribution in [0, 0.1) is 0 Å². The molecule has 2 rings (SSSR count). The molecule has 4 heteroatoms. The summed E-state index contributed by atoms with van der Waals surface area (Å²) >= 11 is 0. The molecule has 168 valence electrons. The normalized spacial score (nSPS) is 11.9. The van der Waals surface area contributed by atoms with E-state index in [1.54, 1.807) is 0 Å². The molecule has 3 nitrogen and oxygen atoms in total. The number of fused-ring (bicyclic) bond motifs is 1. The molecule has 0 amide bonds. The van der Waals surface area contributed by atoms with Crippen molar-refractivity contribution in [1.29, 1.82) is 0 Å². The molecule has 0 bridgehead atoms. The zero-order chi connectivity index (χ0) is 21.5. The second-order valence-corrected chi connectivity index (χ2v) is 10.2. The summed E-state index contributed by atoms with van der Waals surface area (Å²) in [6.45, 7) is 0. The van der Waals surface area contributed by atoms with E-state index in [1.165, 1.54) is 93.4 Å². The monoisotopic (exact) mass is 432 g/mol. The highest BCUT2D eigenvalue weighted by Gasteiger charge is 2.03. The second kappa shape index (κ2) is 14.6. The van der Waals surface area contributed by atoms with Crippen LogP contribution in [0.2, 0.25) is 0 Å². The molecule has 0 radical (unpaired) electrons. The van der Waals surface area contributed by atoms with Crippen LogP contribution in [0.15, 0.2) is 42.5 Å². The third-order valence-electron chi connectivity index (χ3n) is 5.98. The molecule has 0 unspecified atom stereocenters. The minimum Gasteiger partial charge on any atom is -0.286 e. The second-order valence-electron chi connectivity index (χ2n) is 8.62. The van der Waals surface area contributed by atoms with Crippen LogP contribution in [0.1, 0.15) is 95.5 Å². The van der Waals surface area contributed by atoms with Crippen LogP contribution in [-0.2, 0) is 16.5 Å². The third-order valence-corrected chi connectivity index (χ3v) is 6.78. The number of hydrogen-bond donors (Lipinski definition) is 1. The first-order chi connectivity index (χ1) is 14.6. The summed E-state index contributed by atoms with van der Waals surface area (Å²) in [5.41, 5.74) is 1.49. The maximum atomic E-state index is 10.6. The van der Waals surface area contributed by atoms with E-state index in [-0.39, 0.29) is 5.75 Å². The molecular formula is C26H40O3S. The molecule has 30 heavy (non-hydrogen) atoms. The molecule has 0 fully saturated rings. The SMILES string of the molecule is O=S(=O)(O)CCCCCCCCCCCCCCCCc1cccc2ccccc12. The van der Waals surface area contributed by atoms with Gasteiger partial charge in [0.05, 0.1) is 5.75 Å². The van der Waals surface area contributed by atoms with Gasteiger partial charge in [-0.1, -0.05) is 120 Å². The molecule has 0 saturated heterocycles. The summed E-state index contributed by atoms with van der Waals surface area (Å²) in [7, 11) is -3.76. The number of unbranched alkanes of at least 4 members (excludes halogenated alkanes) is 13. The van der Waals surface area contributed by atoms with Crippen molar-refractivity contribution < 1.29 is 13.0 Å². The molecule has 2 aromatic carbocycles. The Labute approximate surface area is 184 Å². The van der Waals surface area contributed by atoms with Crippen molar-refractivity contribution in [2.75, 3.05) is 5.75 Å².